The molecule has 0 radical (unpaired) electrons. The van der Waals surface area contributed by atoms with Gasteiger partial charge in [-0.2, -0.15) is 0 Å². The Kier molecular flexibility index (Phi) is 9.30. The van der Waals surface area contributed by atoms with Crippen molar-refractivity contribution in [3.05, 3.63) is 64.2 Å². The number of hydrogen-bond donors (Lipinski definition) is 1. The largest absolute Gasteiger partial charge is 0.483 e. The van der Waals surface area contributed by atoms with Gasteiger partial charge >= 0.3 is 0 Å². The SMILES string of the molecule is CC[C@@H](C)NC(=O)[C@@H](CC)N(Cc1cccc(C)c1)C(=O)COc1cc(C)cc(C)c1C. The summed E-state index contributed by atoms with van der Waals surface area (Å²) in [5.41, 5.74) is 5.36. The molecule has 0 unspecified atom stereocenters. The van der Waals surface area contributed by atoms with E-state index < -0.39 is 6.04 Å². The van der Waals surface area contributed by atoms with Gasteiger partial charge in [0.2, 0.25) is 5.91 Å². The highest BCUT2D eigenvalue weighted by Crippen LogP contribution is 2.23. The highest BCUT2D eigenvalue weighted by atomic mass is 16.5. The van der Waals surface area contributed by atoms with Crippen LogP contribution in [-0.4, -0.2) is 35.4 Å². The Hall–Kier alpha value is -2.82. The van der Waals surface area contributed by atoms with Crippen LogP contribution in [0.5, 0.6) is 5.75 Å². The summed E-state index contributed by atoms with van der Waals surface area (Å²) in [6.07, 6.45) is 1.37. The molecule has 2 atom stereocenters. The van der Waals surface area contributed by atoms with Crippen LogP contribution in [0.15, 0.2) is 36.4 Å². The first kappa shape index (κ1) is 25.4. The van der Waals surface area contributed by atoms with Gasteiger partial charge in [-0.1, -0.05) is 49.7 Å². The fraction of sp³-hybridized carbons (Fsp3) is 0.481. The van der Waals surface area contributed by atoms with Crippen LogP contribution in [0.2, 0.25) is 0 Å². The van der Waals surface area contributed by atoms with Gasteiger partial charge in [0.1, 0.15) is 11.8 Å². The summed E-state index contributed by atoms with van der Waals surface area (Å²) >= 11 is 0. The highest BCUT2D eigenvalue weighted by molar-refractivity contribution is 5.88. The number of carbonyl (C=O) groups excluding carboxylic acids is 2. The highest BCUT2D eigenvalue weighted by Gasteiger charge is 2.29. The second kappa shape index (κ2) is 11.7. The van der Waals surface area contributed by atoms with E-state index in [0.29, 0.717) is 18.7 Å². The number of amides is 2. The van der Waals surface area contributed by atoms with Crippen molar-refractivity contribution in [2.45, 2.75) is 79.9 Å². The predicted molar refractivity (Wildman–Crippen MR) is 130 cm³/mol. The number of hydrogen-bond acceptors (Lipinski definition) is 3. The minimum atomic E-state index is -0.555. The molecule has 1 N–H and O–H groups in total. The van der Waals surface area contributed by atoms with Crippen LogP contribution in [0.25, 0.3) is 0 Å². The van der Waals surface area contributed by atoms with E-state index in [2.05, 4.69) is 17.4 Å². The number of ether oxygens (including phenoxy) is 1. The lowest BCUT2D eigenvalue weighted by Gasteiger charge is -2.31. The minimum Gasteiger partial charge on any atom is -0.483 e. The second-order valence-corrected chi connectivity index (χ2v) is 8.75. The number of carbonyl (C=O) groups is 2. The molecule has 0 bridgehead atoms. The monoisotopic (exact) mass is 438 g/mol. The third kappa shape index (κ3) is 6.84. The average molecular weight is 439 g/mol. The third-order valence-corrected chi connectivity index (χ3v) is 5.94. The molecular formula is C27H38N2O3. The molecule has 174 valence electrons. The van der Waals surface area contributed by atoms with Crippen molar-refractivity contribution in [3.63, 3.8) is 0 Å². The van der Waals surface area contributed by atoms with E-state index in [1.807, 2.05) is 72.7 Å². The van der Waals surface area contributed by atoms with Gasteiger partial charge in [-0.05, 0) is 75.8 Å². The van der Waals surface area contributed by atoms with Crippen LogP contribution >= 0.6 is 0 Å². The van der Waals surface area contributed by atoms with Crippen molar-refractivity contribution in [1.82, 2.24) is 10.2 Å². The summed E-state index contributed by atoms with van der Waals surface area (Å²) in [6, 6.07) is 11.6. The maximum Gasteiger partial charge on any atom is 0.261 e. The van der Waals surface area contributed by atoms with Crippen molar-refractivity contribution in [2.75, 3.05) is 6.61 Å². The van der Waals surface area contributed by atoms with Crippen molar-refractivity contribution in [2.24, 2.45) is 0 Å². The number of aryl methyl sites for hydroxylation is 3. The fourth-order valence-corrected chi connectivity index (χ4v) is 3.74. The molecule has 0 aliphatic rings. The zero-order chi connectivity index (χ0) is 23.8. The lowest BCUT2D eigenvalue weighted by atomic mass is 10.1. The molecule has 2 amide bonds. The number of rotatable bonds is 10. The van der Waals surface area contributed by atoms with Gasteiger partial charge in [0.25, 0.3) is 5.91 Å². The summed E-state index contributed by atoms with van der Waals surface area (Å²) < 4.78 is 5.96. The van der Waals surface area contributed by atoms with E-state index in [-0.39, 0.29) is 24.5 Å². The summed E-state index contributed by atoms with van der Waals surface area (Å²) in [5.74, 6) is 0.394. The Balaban J connectivity index is 2.27. The molecule has 0 aromatic heterocycles. The molecule has 0 fully saturated rings. The number of nitrogens with one attached hydrogen (secondary N) is 1. The fourth-order valence-electron chi connectivity index (χ4n) is 3.74. The molecule has 2 aromatic carbocycles. The standard InChI is InChI=1S/C27H38N2O3/c1-8-21(6)28-27(31)24(9-2)29(16-23-12-10-11-18(3)14-23)26(30)17-32-25-15-19(4)13-20(5)22(25)7/h10-15,21,24H,8-9,16-17H2,1-7H3,(H,28,31)/t21-,24-/m1/s1. The van der Waals surface area contributed by atoms with Gasteiger partial charge in [-0.3, -0.25) is 9.59 Å². The van der Waals surface area contributed by atoms with E-state index in [4.69, 9.17) is 4.74 Å². The quantitative estimate of drug-likeness (QED) is 0.567. The summed E-state index contributed by atoms with van der Waals surface area (Å²) in [5, 5.41) is 3.04. The first-order chi connectivity index (χ1) is 15.2. The van der Waals surface area contributed by atoms with Crippen LogP contribution < -0.4 is 10.1 Å². The topological polar surface area (TPSA) is 58.6 Å². The predicted octanol–water partition coefficient (Wildman–Crippen LogP) is 5.02. The number of benzene rings is 2. The molecule has 0 heterocycles. The molecule has 2 rings (SSSR count). The molecular weight excluding hydrogens is 400 g/mol. The molecule has 0 saturated heterocycles. The van der Waals surface area contributed by atoms with Gasteiger partial charge < -0.3 is 15.0 Å². The Morgan fingerprint density at radius 1 is 1.00 bits per heavy atom. The smallest absolute Gasteiger partial charge is 0.261 e. The van der Waals surface area contributed by atoms with E-state index >= 15 is 0 Å². The van der Waals surface area contributed by atoms with E-state index in [1.165, 1.54) is 0 Å². The average Bonchev–Trinajstić information content (AvgIpc) is 2.74. The maximum atomic E-state index is 13.4. The van der Waals surface area contributed by atoms with Gasteiger partial charge in [0.15, 0.2) is 6.61 Å². The lowest BCUT2D eigenvalue weighted by Crippen LogP contribution is -2.51. The van der Waals surface area contributed by atoms with Crippen molar-refractivity contribution < 1.29 is 14.3 Å². The van der Waals surface area contributed by atoms with Crippen molar-refractivity contribution in [1.29, 1.82) is 0 Å². The van der Waals surface area contributed by atoms with Crippen molar-refractivity contribution in [3.8, 4) is 5.75 Å². The minimum absolute atomic E-state index is 0.0571. The summed E-state index contributed by atoms with van der Waals surface area (Å²) in [6.45, 7) is 14.3. The first-order valence-corrected chi connectivity index (χ1v) is 11.5. The first-order valence-electron chi connectivity index (χ1n) is 11.5. The van der Waals surface area contributed by atoms with Crippen LogP contribution in [0.1, 0.15) is 61.4 Å². The molecule has 5 heteroatoms. The summed E-state index contributed by atoms with van der Waals surface area (Å²) in [4.78, 5) is 28.0. The zero-order valence-corrected chi connectivity index (χ0v) is 20.6. The van der Waals surface area contributed by atoms with Gasteiger partial charge in [-0.15, -0.1) is 0 Å². The van der Waals surface area contributed by atoms with E-state index in [9.17, 15) is 9.59 Å². The maximum absolute atomic E-state index is 13.4. The normalized spacial score (nSPS) is 12.7. The zero-order valence-electron chi connectivity index (χ0n) is 20.6. The molecule has 5 nitrogen and oxygen atoms in total. The third-order valence-electron chi connectivity index (χ3n) is 5.94. The number of nitrogens with zero attached hydrogens (tertiary/aromatic N) is 1. The van der Waals surface area contributed by atoms with Crippen LogP contribution in [-0.2, 0) is 16.1 Å². The molecule has 0 aliphatic carbocycles. The van der Waals surface area contributed by atoms with Gasteiger partial charge in [-0.25, -0.2) is 0 Å². The van der Waals surface area contributed by atoms with Gasteiger partial charge in [0, 0.05) is 12.6 Å². The van der Waals surface area contributed by atoms with Crippen molar-refractivity contribution >= 4 is 11.8 Å². The molecule has 32 heavy (non-hydrogen) atoms. The Morgan fingerprint density at radius 2 is 1.72 bits per heavy atom. The second-order valence-electron chi connectivity index (χ2n) is 8.75. The lowest BCUT2D eigenvalue weighted by molar-refractivity contribution is -0.143. The molecule has 0 saturated carbocycles. The van der Waals surface area contributed by atoms with E-state index in [1.54, 1.807) is 4.90 Å². The van der Waals surface area contributed by atoms with Crippen LogP contribution in [0, 0.1) is 27.7 Å². The molecule has 0 spiro atoms. The van der Waals surface area contributed by atoms with Crippen LogP contribution in [0.4, 0.5) is 0 Å². The Morgan fingerprint density at radius 3 is 2.34 bits per heavy atom. The van der Waals surface area contributed by atoms with E-state index in [0.717, 1.165) is 34.2 Å². The molecule has 2 aromatic rings. The Labute approximate surface area is 193 Å². The Bertz CT molecular complexity index is 938. The van der Waals surface area contributed by atoms with Crippen LogP contribution in [0.3, 0.4) is 0 Å². The van der Waals surface area contributed by atoms with Gasteiger partial charge in [0.05, 0.1) is 0 Å². The molecule has 0 aliphatic heterocycles. The summed E-state index contributed by atoms with van der Waals surface area (Å²) in [7, 11) is 0.